The minimum atomic E-state index is 0.723. The van der Waals surface area contributed by atoms with Crippen LogP contribution in [0.3, 0.4) is 0 Å². The molecular formula is C19H15N3. The molecule has 2 aromatic heterocycles. The molecule has 22 heavy (non-hydrogen) atoms. The van der Waals surface area contributed by atoms with Crippen LogP contribution in [-0.2, 0) is 6.54 Å². The van der Waals surface area contributed by atoms with Crippen LogP contribution < -0.4 is 0 Å². The normalized spacial score (nSPS) is 10.9. The van der Waals surface area contributed by atoms with E-state index < -0.39 is 0 Å². The number of pyridine rings is 1. The third kappa shape index (κ3) is 2.27. The van der Waals surface area contributed by atoms with E-state index >= 15 is 0 Å². The Hall–Kier alpha value is -2.94. The molecule has 0 radical (unpaired) electrons. The lowest BCUT2D eigenvalue weighted by Gasteiger charge is -2.02. The van der Waals surface area contributed by atoms with Crippen molar-refractivity contribution in [1.82, 2.24) is 14.8 Å². The highest BCUT2D eigenvalue weighted by molar-refractivity contribution is 5.91. The molecule has 3 nitrogen and oxygen atoms in total. The first kappa shape index (κ1) is 12.8. The highest BCUT2D eigenvalue weighted by Gasteiger charge is 2.12. The summed E-state index contributed by atoms with van der Waals surface area (Å²) in [6.45, 7) is 0.723. The first-order valence-corrected chi connectivity index (χ1v) is 7.33. The van der Waals surface area contributed by atoms with Gasteiger partial charge in [0.15, 0.2) is 5.65 Å². The molecule has 2 heterocycles. The Morgan fingerprint density at radius 3 is 2.27 bits per heavy atom. The molecule has 4 rings (SSSR count). The Kier molecular flexibility index (Phi) is 3.16. The van der Waals surface area contributed by atoms with Gasteiger partial charge in [-0.25, -0.2) is 9.67 Å². The fourth-order valence-electron chi connectivity index (χ4n) is 2.69. The summed E-state index contributed by atoms with van der Waals surface area (Å²) in [5.74, 6) is 0. The van der Waals surface area contributed by atoms with Crippen molar-refractivity contribution >= 4 is 11.0 Å². The third-order valence-electron chi connectivity index (χ3n) is 3.73. The molecule has 0 saturated heterocycles. The summed E-state index contributed by atoms with van der Waals surface area (Å²) in [7, 11) is 0. The number of benzene rings is 2. The lowest BCUT2D eigenvalue weighted by atomic mass is 10.1. The summed E-state index contributed by atoms with van der Waals surface area (Å²) < 4.78 is 1.98. The first-order chi connectivity index (χ1) is 10.9. The van der Waals surface area contributed by atoms with Crippen molar-refractivity contribution in [1.29, 1.82) is 0 Å². The minimum Gasteiger partial charge on any atom is -0.242 e. The second-order valence-electron chi connectivity index (χ2n) is 5.23. The van der Waals surface area contributed by atoms with Crippen molar-refractivity contribution < 1.29 is 0 Å². The molecule has 0 amide bonds. The summed E-state index contributed by atoms with van der Waals surface area (Å²) in [6, 6.07) is 24.6. The van der Waals surface area contributed by atoms with Gasteiger partial charge in [-0.3, -0.25) is 0 Å². The SMILES string of the molecule is c1ccc(Cn2nc(-c3ccccc3)c3cccnc32)cc1. The highest BCUT2D eigenvalue weighted by Crippen LogP contribution is 2.26. The van der Waals surface area contributed by atoms with Crippen LogP contribution >= 0.6 is 0 Å². The first-order valence-electron chi connectivity index (χ1n) is 7.33. The Morgan fingerprint density at radius 2 is 1.50 bits per heavy atom. The number of rotatable bonds is 3. The van der Waals surface area contributed by atoms with Gasteiger partial charge in [-0.05, 0) is 17.7 Å². The maximum Gasteiger partial charge on any atom is 0.158 e. The maximum absolute atomic E-state index is 4.81. The van der Waals surface area contributed by atoms with Crippen LogP contribution in [0, 0.1) is 0 Å². The van der Waals surface area contributed by atoms with Crippen LogP contribution in [0.1, 0.15) is 5.56 Å². The van der Waals surface area contributed by atoms with Crippen LogP contribution in [0.5, 0.6) is 0 Å². The number of hydrogen-bond donors (Lipinski definition) is 0. The van der Waals surface area contributed by atoms with E-state index in [0.29, 0.717) is 0 Å². The molecule has 0 fully saturated rings. The van der Waals surface area contributed by atoms with Gasteiger partial charge in [0.2, 0.25) is 0 Å². The molecule has 0 atom stereocenters. The van der Waals surface area contributed by atoms with Crippen molar-refractivity contribution in [2.24, 2.45) is 0 Å². The Bertz CT molecular complexity index is 896. The van der Waals surface area contributed by atoms with E-state index in [2.05, 4.69) is 35.3 Å². The number of hydrogen-bond acceptors (Lipinski definition) is 2. The Balaban J connectivity index is 1.86. The molecule has 4 aromatic rings. The molecule has 3 heteroatoms. The van der Waals surface area contributed by atoms with E-state index in [1.165, 1.54) is 5.56 Å². The topological polar surface area (TPSA) is 30.7 Å². The summed E-state index contributed by atoms with van der Waals surface area (Å²) in [5, 5.41) is 5.90. The van der Waals surface area contributed by atoms with Gasteiger partial charge in [-0.1, -0.05) is 60.7 Å². The lowest BCUT2D eigenvalue weighted by Crippen LogP contribution is -2.02. The molecule has 106 valence electrons. The molecule has 0 unspecified atom stereocenters. The lowest BCUT2D eigenvalue weighted by molar-refractivity contribution is 0.707. The maximum atomic E-state index is 4.81. The number of aromatic nitrogens is 3. The van der Waals surface area contributed by atoms with Crippen LogP contribution in [0.4, 0.5) is 0 Å². The average Bonchev–Trinajstić information content (AvgIpc) is 2.96. The van der Waals surface area contributed by atoms with Crippen molar-refractivity contribution in [3.8, 4) is 11.3 Å². The van der Waals surface area contributed by atoms with Crippen molar-refractivity contribution in [3.05, 3.63) is 84.6 Å². The quantitative estimate of drug-likeness (QED) is 0.566. The predicted molar refractivity (Wildman–Crippen MR) is 88.5 cm³/mol. The second kappa shape index (κ2) is 5.45. The van der Waals surface area contributed by atoms with Crippen LogP contribution in [0.25, 0.3) is 22.3 Å². The summed E-state index contributed by atoms with van der Waals surface area (Å²) >= 11 is 0. The molecule has 0 bridgehead atoms. The molecule has 0 saturated carbocycles. The van der Waals surface area contributed by atoms with Gasteiger partial charge in [0.05, 0.1) is 6.54 Å². The van der Waals surface area contributed by atoms with Crippen LogP contribution in [-0.4, -0.2) is 14.8 Å². The van der Waals surface area contributed by atoms with Crippen LogP contribution in [0.15, 0.2) is 79.0 Å². The van der Waals surface area contributed by atoms with E-state index in [9.17, 15) is 0 Å². The number of nitrogens with zero attached hydrogens (tertiary/aromatic N) is 3. The fraction of sp³-hybridized carbons (Fsp3) is 0.0526. The van der Waals surface area contributed by atoms with Gasteiger partial charge in [-0.2, -0.15) is 5.10 Å². The molecule has 0 aliphatic rings. The summed E-state index contributed by atoms with van der Waals surface area (Å²) in [4.78, 5) is 4.52. The predicted octanol–water partition coefficient (Wildman–Crippen LogP) is 4.15. The van der Waals surface area contributed by atoms with Crippen molar-refractivity contribution in [2.45, 2.75) is 6.54 Å². The van der Waals surface area contributed by atoms with Crippen molar-refractivity contribution in [2.75, 3.05) is 0 Å². The van der Waals surface area contributed by atoms with Gasteiger partial charge in [0.1, 0.15) is 5.69 Å². The van der Waals surface area contributed by atoms with E-state index in [1.54, 1.807) is 0 Å². The second-order valence-corrected chi connectivity index (χ2v) is 5.23. The third-order valence-corrected chi connectivity index (χ3v) is 3.73. The molecule has 0 aliphatic carbocycles. The smallest absolute Gasteiger partial charge is 0.158 e. The van der Waals surface area contributed by atoms with Gasteiger partial charge in [0, 0.05) is 17.1 Å². The average molecular weight is 285 g/mol. The highest BCUT2D eigenvalue weighted by atomic mass is 15.3. The van der Waals surface area contributed by atoms with Gasteiger partial charge >= 0.3 is 0 Å². The molecule has 2 aromatic carbocycles. The molecule has 0 aliphatic heterocycles. The monoisotopic (exact) mass is 285 g/mol. The van der Waals surface area contributed by atoms with E-state index in [4.69, 9.17) is 5.10 Å². The Morgan fingerprint density at radius 1 is 0.773 bits per heavy atom. The zero-order chi connectivity index (χ0) is 14.8. The minimum absolute atomic E-state index is 0.723. The summed E-state index contributed by atoms with van der Waals surface area (Å²) in [5.41, 5.74) is 4.24. The van der Waals surface area contributed by atoms with E-state index in [1.807, 2.05) is 53.3 Å². The van der Waals surface area contributed by atoms with Gasteiger partial charge in [-0.15, -0.1) is 0 Å². The fourth-order valence-corrected chi connectivity index (χ4v) is 2.69. The zero-order valence-corrected chi connectivity index (χ0v) is 12.1. The van der Waals surface area contributed by atoms with Gasteiger partial charge in [0.25, 0.3) is 0 Å². The molecule has 0 N–H and O–H groups in total. The van der Waals surface area contributed by atoms with Crippen LogP contribution in [0.2, 0.25) is 0 Å². The largest absolute Gasteiger partial charge is 0.242 e. The zero-order valence-electron chi connectivity index (χ0n) is 12.1. The van der Waals surface area contributed by atoms with Gasteiger partial charge < -0.3 is 0 Å². The Labute approximate surface area is 128 Å². The molecular weight excluding hydrogens is 270 g/mol. The summed E-state index contributed by atoms with van der Waals surface area (Å²) in [6.07, 6.45) is 1.82. The standard InChI is InChI=1S/C19H15N3/c1-3-8-15(9-4-1)14-22-19-17(12-7-13-20-19)18(21-22)16-10-5-2-6-11-16/h1-13H,14H2. The van der Waals surface area contributed by atoms with E-state index in [-0.39, 0.29) is 0 Å². The van der Waals surface area contributed by atoms with E-state index in [0.717, 1.165) is 28.8 Å². The number of fused-ring (bicyclic) bond motifs is 1. The molecule has 0 spiro atoms. The van der Waals surface area contributed by atoms with Crippen molar-refractivity contribution in [3.63, 3.8) is 0 Å².